The lowest BCUT2D eigenvalue weighted by molar-refractivity contribution is -0.128. The minimum absolute atomic E-state index is 0.208. The number of benzene rings is 2. The number of carbonyl (C=O) groups excluding carboxylic acids is 2. The highest BCUT2D eigenvalue weighted by Gasteiger charge is 2.24. The Labute approximate surface area is 175 Å². The van der Waals surface area contributed by atoms with Gasteiger partial charge in [0.15, 0.2) is 0 Å². The highest BCUT2D eigenvalue weighted by Crippen LogP contribution is 2.19. The molecule has 2 aromatic carbocycles. The highest BCUT2D eigenvalue weighted by atomic mass is 79.9. The summed E-state index contributed by atoms with van der Waals surface area (Å²) >= 11 is 3.37. The molecule has 0 atom stereocenters. The average Bonchev–Trinajstić information content (AvgIpc) is 2.62. The van der Waals surface area contributed by atoms with E-state index >= 15 is 0 Å². The molecule has 0 aliphatic carbocycles. The summed E-state index contributed by atoms with van der Waals surface area (Å²) in [6.07, 6.45) is 1.70. The zero-order valence-electron chi connectivity index (χ0n) is 17.0. The molecule has 0 fully saturated rings. The first-order valence-corrected chi connectivity index (χ1v) is 10.1. The molecule has 2 aromatic rings. The molecule has 2 rings (SSSR count). The molecule has 0 aliphatic rings. The Hall–Kier alpha value is -2.40. The zero-order valence-corrected chi connectivity index (χ0v) is 18.6. The first-order valence-electron chi connectivity index (χ1n) is 9.26. The zero-order chi connectivity index (χ0) is 20.9. The van der Waals surface area contributed by atoms with Crippen LogP contribution >= 0.6 is 15.9 Å². The SMILES string of the molecule is CC(C)c1ccc(/C=C(/NC(=O)C(C)(C)C)C(=O)Nc2ccc(Br)cc2)cc1. The molecule has 2 amide bonds. The van der Waals surface area contributed by atoms with Gasteiger partial charge < -0.3 is 10.6 Å². The Morgan fingerprint density at radius 2 is 1.54 bits per heavy atom. The maximum absolute atomic E-state index is 12.8. The molecular formula is C23H27BrN2O2. The van der Waals surface area contributed by atoms with Crippen LogP contribution in [0.15, 0.2) is 58.7 Å². The lowest BCUT2D eigenvalue weighted by atomic mass is 9.95. The quantitative estimate of drug-likeness (QED) is 0.582. The van der Waals surface area contributed by atoms with Gasteiger partial charge in [-0.3, -0.25) is 9.59 Å². The highest BCUT2D eigenvalue weighted by molar-refractivity contribution is 9.10. The third kappa shape index (κ3) is 6.34. The van der Waals surface area contributed by atoms with Crippen molar-refractivity contribution in [2.24, 2.45) is 5.41 Å². The second-order valence-corrected chi connectivity index (χ2v) is 8.96. The molecule has 0 radical (unpaired) electrons. The molecule has 0 saturated carbocycles. The Morgan fingerprint density at radius 3 is 2.04 bits per heavy atom. The lowest BCUT2D eigenvalue weighted by Crippen LogP contribution is -2.38. The van der Waals surface area contributed by atoms with E-state index < -0.39 is 5.41 Å². The molecule has 0 aliphatic heterocycles. The van der Waals surface area contributed by atoms with Gasteiger partial charge >= 0.3 is 0 Å². The fourth-order valence-corrected chi connectivity index (χ4v) is 2.61. The van der Waals surface area contributed by atoms with Gasteiger partial charge in [-0.1, -0.05) is 74.8 Å². The molecule has 0 heterocycles. The lowest BCUT2D eigenvalue weighted by Gasteiger charge is -2.19. The number of amides is 2. The van der Waals surface area contributed by atoms with Crippen molar-refractivity contribution in [3.8, 4) is 0 Å². The summed E-state index contributed by atoms with van der Waals surface area (Å²) in [4.78, 5) is 25.3. The van der Waals surface area contributed by atoms with Gasteiger partial charge in [0.05, 0.1) is 0 Å². The third-order valence-corrected chi connectivity index (χ3v) is 4.72. The summed E-state index contributed by atoms with van der Waals surface area (Å²) in [5.74, 6) is -0.157. The van der Waals surface area contributed by atoms with Crippen LogP contribution in [0.25, 0.3) is 6.08 Å². The predicted molar refractivity (Wildman–Crippen MR) is 119 cm³/mol. The van der Waals surface area contributed by atoms with Crippen molar-refractivity contribution >= 4 is 39.5 Å². The van der Waals surface area contributed by atoms with E-state index in [1.54, 1.807) is 18.2 Å². The van der Waals surface area contributed by atoms with Gasteiger partial charge in [-0.2, -0.15) is 0 Å². The molecule has 148 valence electrons. The van der Waals surface area contributed by atoms with Gasteiger partial charge in [0.2, 0.25) is 5.91 Å². The number of hydrogen-bond donors (Lipinski definition) is 2. The summed E-state index contributed by atoms with van der Waals surface area (Å²) in [6.45, 7) is 9.69. The van der Waals surface area contributed by atoms with Gasteiger partial charge in [-0.05, 0) is 47.4 Å². The second kappa shape index (κ2) is 9.20. The van der Waals surface area contributed by atoms with E-state index in [0.717, 1.165) is 10.0 Å². The Bertz CT molecular complexity index is 861. The van der Waals surface area contributed by atoms with E-state index in [9.17, 15) is 9.59 Å². The maximum atomic E-state index is 12.8. The van der Waals surface area contributed by atoms with Crippen molar-refractivity contribution in [2.75, 3.05) is 5.32 Å². The van der Waals surface area contributed by atoms with Gasteiger partial charge in [0, 0.05) is 15.6 Å². The van der Waals surface area contributed by atoms with Crippen molar-refractivity contribution in [3.63, 3.8) is 0 Å². The van der Waals surface area contributed by atoms with E-state index in [0.29, 0.717) is 11.6 Å². The van der Waals surface area contributed by atoms with Crippen molar-refractivity contribution in [1.82, 2.24) is 5.32 Å². The van der Waals surface area contributed by atoms with Crippen LogP contribution in [-0.4, -0.2) is 11.8 Å². The van der Waals surface area contributed by atoms with Crippen LogP contribution in [-0.2, 0) is 9.59 Å². The summed E-state index contributed by atoms with van der Waals surface area (Å²) in [7, 11) is 0. The molecule has 0 saturated heterocycles. The molecule has 5 heteroatoms. The van der Waals surface area contributed by atoms with Gasteiger partial charge in [-0.25, -0.2) is 0 Å². The number of nitrogens with one attached hydrogen (secondary N) is 2. The van der Waals surface area contributed by atoms with Crippen LogP contribution in [0.4, 0.5) is 5.69 Å². The van der Waals surface area contributed by atoms with Crippen LogP contribution in [0.1, 0.15) is 51.7 Å². The number of carbonyl (C=O) groups is 2. The Kier molecular flexibility index (Phi) is 7.19. The molecule has 0 aromatic heterocycles. The topological polar surface area (TPSA) is 58.2 Å². The van der Waals surface area contributed by atoms with Crippen molar-refractivity contribution in [1.29, 1.82) is 0 Å². The predicted octanol–water partition coefficient (Wildman–Crippen LogP) is 5.71. The van der Waals surface area contributed by atoms with Crippen molar-refractivity contribution < 1.29 is 9.59 Å². The summed E-state index contributed by atoms with van der Waals surface area (Å²) in [5, 5.41) is 5.61. The van der Waals surface area contributed by atoms with Crippen LogP contribution < -0.4 is 10.6 Å². The fraction of sp³-hybridized carbons (Fsp3) is 0.304. The molecular weight excluding hydrogens is 416 g/mol. The molecule has 0 bridgehead atoms. The molecule has 28 heavy (non-hydrogen) atoms. The van der Waals surface area contributed by atoms with E-state index in [-0.39, 0.29) is 17.5 Å². The van der Waals surface area contributed by atoms with Crippen molar-refractivity contribution in [3.05, 3.63) is 69.8 Å². The van der Waals surface area contributed by atoms with Gasteiger partial charge in [0.1, 0.15) is 5.70 Å². The smallest absolute Gasteiger partial charge is 0.272 e. The summed E-state index contributed by atoms with van der Waals surface area (Å²) in [5.41, 5.74) is 2.31. The Balaban J connectivity index is 2.30. The third-order valence-electron chi connectivity index (χ3n) is 4.19. The van der Waals surface area contributed by atoms with E-state index in [4.69, 9.17) is 0 Å². The normalized spacial score (nSPS) is 12.0. The minimum Gasteiger partial charge on any atom is -0.321 e. The summed E-state index contributed by atoms with van der Waals surface area (Å²) < 4.78 is 0.924. The number of rotatable bonds is 5. The molecule has 4 nitrogen and oxygen atoms in total. The van der Waals surface area contributed by atoms with Gasteiger partial charge in [-0.15, -0.1) is 0 Å². The molecule has 0 spiro atoms. The molecule has 2 N–H and O–H groups in total. The average molecular weight is 443 g/mol. The first-order chi connectivity index (χ1) is 13.1. The number of hydrogen-bond acceptors (Lipinski definition) is 2. The Morgan fingerprint density at radius 1 is 0.964 bits per heavy atom. The standard InChI is InChI=1S/C23H27BrN2O2/c1-15(2)17-8-6-16(7-9-17)14-20(26-22(28)23(3,4)5)21(27)25-19-12-10-18(24)11-13-19/h6-15H,1-5H3,(H,25,27)(H,26,28)/b20-14+. The second-order valence-electron chi connectivity index (χ2n) is 8.04. The monoisotopic (exact) mass is 442 g/mol. The minimum atomic E-state index is -0.613. The van der Waals surface area contributed by atoms with E-state index in [1.165, 1.54) is 5.56 Å². The van der Waals surface area contributed by atoms with Crippen LogP contribution in [0, 0.1) is 5.41 Å². The van der Waals surface area contributed by atoms with Crippen LogP contribution in [0.3, 0.4) is 0 Å². The van der Waals surface area contributed by atoms with E-state index in [1.807, 2.05) is 57.2 Å². The first kappa shape index (κ1) is 21.9. The molecule has 0 unspecified atom stereocenters. The number of halogens is 1. The number of anilines is 1. The van der Waals surface area contributed by atoms with Crippen molar-refractivity contribution in [2.45, 2.75) is 40.5 Å². The van der Waals surface area contributed by atoms with E-state index in [2.05, 4.69) is 40.4 Å². The van der Waals surface area contributed by atoms with Crippen LogP contribution in [0.2, 0.25) is 0 Å². The summed E-state index contributed by atoms with van der Waals surface area (Å²) in [6, 6.07) is 15.2. The van der Waals surface area contributed by atoms with Crippen LogP contribution in [0.5, 0.6) is 0 Å². The largest absolute Gasteiger partial charge is 0.321 e. The van der Waals surface area contributed by atoms with Gasteiger partial charge in [0.25, 0.3) is 5.91 Å². The fourth-order valence-electron chi connectivity index (χ4n) is 2.34. The maximum Gasteiger partial charge on any atom is 0.272 e.